The van der Waals surface area contributed by atoms with Crippen LogP contribution < -0.4 is 0 Å². The van der Waals surface area contributed by atoms with E-state index in [0.717, 1.165) is 61.6 Å². The summed E-state index contributed by atoms with van der Waals surface area (Å²) < 4.78 is 0. The number of hydrogen-bond acceptors (Lipinski definition) is 3. The van der Waals surface area contributed by atoms with E-state index in [2.05, 4.69) is 40.0 Å². The number of benzene rings is 2. The van der Waals surface area contributed by atoms with E-state index in [1.165, 1.54) is 0 Å². The average Bonchev–Trinajstić information content (AvgIpc) is 3.12. The Balaban J connectivity index is 1.36. The van der Waals surface area contributed by atoms with Gasteiger partial charge in [-0.1, -0.05) is 49.4 Å². The summed E-state index contributed by atoms with van der Waals surface area (Å²) in [5.41, 5.74) is 3.21. The van der Waals surface area contributed by atoms with Crippen molar-refractivity contribution in [3.8, 4) is 0 Å². The highest BCUT2D eigenvalue weighted by atomic mass is 16.2. The fourth-order valence-electron chi connectivity index (χ4n) is 3.88. The molecule has 1 aliphatic heterocycles. The molecular formula is C22H26N4O. The number of carbonyl (C=O) groups is 1. The van der Waals surface area contributed by atoms with Crippen molar-refractivity contribution in [1.82, 2.24) is 19.8 Å². The normalized spacial score (nSPS) is 16.6. The van der Waals surface area contributed by atoms with Gasteiger partial charge >= 0.3 is 0 Å². The van der Waals surface area contributed by atoms with Gasteiger partial charge in [0.25, 0.3) is 0 Å². The zero-order valence-corrected chi connectivity index (χ0v) is 15.8. The van der Waals surface area contributed by atoms with Gasteiger partial charge in [0.05, 0.1) is 23.5 Å². The molecule has 0 spiro atoms. The third-order valence-corrected chi connectivity index (χ3v) is 5.40. The molecule has 4 rings (SSSR count). The van der Waals surface area contributed by atoms with Gasteiger partial charge in [0.15, 0.2) is 0 Å². The number of aromatic amines is 1. The van der Waals surface area contributed by atoms with E-state index in [1.54, 1.807) is 0 Å². The van der Waals surface area contributed by atoms with E-state index in [9.17, 15) is 4.79 Å². The molecule has 1 saturated heterocycles. The Labute approximate surface area is 160 Å². The molecule has 1 fully saturated rings. The Bertz CT molecular complexity index is 864. The summed E-state index contributed by atoms with van der Waals surface area (Å²) in [7, 11) is 0. The molecule has 0 unspecified atom stereocenters. The van der Waals surface area contributed by atoms with E-state index in [-0.39, 0.29) is 11.8 Å². The van der Waals surface area contributed by atoms with Crippen LogP contribution >= 0.6 is 0 Å². The predicted molar refractivity (Wildman–Crippen MR) is 107 cm³/mol. The maximum Gasteiger partial charge on any atom is 0.230 e. The van der Waals surface area contributed by atoms with Gasteiger partial charge in [-0.2, -0.15) is 0 Å². The van der Waals surface area contributed by atoms with Crippen molar-refractivity contribution in [2.45, 2.75) is 25.8 Å². The fourth-order valence-corrected chi connectivity index (χ4v) is 3.88. The fraction of sp³-hybridized carbons (Fsp3) is 0.364. The molecule has 5 nitrogen and oxygen atoms in total. The molecule has 2 aromatic carbocycles. The van der Waals surface area contributed by atoms with E-state index in [1.807, 2.05) is 41.3 Å². The number of amides is 1. The lowest BCUT2D eigenvalue weighted by Crippen LogP contribution is -2.49. The van der Waals surface area contributed by atoms with Gasteiger partial charge in [-0.05, 0) is 24.1 Å². The van der Waals surface area contributed by atoms with Gasteiger partial charge in [-0.25, -0.2) is 4.98 Å². The number of aromatic nitrogens is 2. The van der Waals surface area contributed by atoms with Crippen molar-refractivity contribution in [3.05, 3.63) is 66.0 Å². The first-order valence-electron chi connectivity index (χ1n) is 9.74. The molecule has 0 radical (unpaired) electrons. The van der Waals surface area contributed by atoms with Crippen molar-refractivity contribution < 1.29 is 4.79 Å². The molecule has 1 aromatic heterocycles. The van der Waals surface area contributed by atoms with E-state index >= 15 is 0 Å². The minimum atomic E-state index is -0.0341. The summed E-state index contributed by atoms with van der Waals surface area (Å²) in [6, 6.07) is 18.2. The van der Waals surface area contributed by atoms with E-state index < -0.39 is 0 Å². The molecule has 140 valence electrons. The lowest BCUT2D eigenvalue weighted by Gasteiger charge is -2.36. The van der Waals surface area contributed by atoms with E-state index in [4.69, 9.17) is 0 Å². The highest BCUT2D eigenvalue weighted by Gasteiger charge is 2.27. The van der Waals surface area contributed by atoms with Crippen LogP contribution in [0.5, 0.6) is 0 Å². The van der Waals surface area contributed by atoms with Gasteiger partial charge in [0.1, 0.15) is 5.82 Å². The van der Waals surface area contributed by atoms with Crippen LogP contribution in [0.1, 0.15) is 30.7 Å². The third-order valence-electron chi connectivity index (χ3n) is 5.40. The maximum absolute atomic E-state index is 13.0. The second-order valence-electron chi connectivity index (χ2n) is 7.17. The SMILES string of the molecule is CC[C@@H](C(=O)N1CCN(Cc2nc3ccccc3[nH]2)CC1)c1ccccc1. The van der Waals surface area contributed by atoms with Crippen molar-refractivity contribution in [3.63, 3.8) is 0 Å². The van der Waals surface area contributed by atoms with Crippen LogP contribution in [-0.4, -0.2) is 51.9 Å². The molecule has 27 heavy (non-hydrogen) atoms. The predicted octanol–water partition coefficient (Wildman–Crippen LogP) is 3.40. The number of nitrogens with one attached hydrogen (secondary N) is 1. The number of carbonyl (C=O) groups excluding carboxylic acids is 1. The number of rotatable bonds is 5. The Hall–Kier alpha value is -2.66. The molecule has 3 aromatic rings. The summed E-state index contributed by atoms with van der Waals surface area (Å²) in [4.78, 5) is 25.4. The third kappa shape index (κ3) is 3.88. The van der Waals surface area contributed by atoms with Crippen LogP contribution in [-0.2, 0) is 11.3 Å². The number of hydrogen-bond donors (Lipinski definition) is 1. The summed E-state index contributed by atoms with van der Waals surface area (Å²) >= 11 is 0. The van der Waals surface area contributed by atoms with Crippen molar-refractivity contribution in [2.75, 3.05) is 26.2 Å². The Morgan fingerprint density at radius 1 is 1.04 bits per heavy atom. The highest BCUT2D eigenvalue weighted by Crippen LogP contribution is 2.23. The number of para-hydroxylation sites is 2. The summed E-state index contributed by atoms with van der Waals surface area (Å²) in [5.74, 6) is 1.21. The maximum atomic E-state index is 13.0. The summed E-state index contributed by atoms with van der Waals surface area (Å²) in [5, 5.41) is 0. The first-order chi connectivity index (χ1) is 13.2. The largest absolute Gasteiger partial charge is 0.341 e. The molecule has 1 atom stereocenters. The molecule has 2 heterocycles. The van der Waals surface area contributed by atoms with Gasteiger partial charge < -0.3 is 9.88 Å². The first-order valence-corrected chi connectivity index (χ1v) is 9.74. The van der Waals surface area contributed by atoms with Crippen LogP contribution in [0.3, 0.4) is 0 Å². The average molecular weight is 362 g/mol. The Morgan fingerprint density at radius 2 is 1.74 bits per heavy atom. The topological polar surface area (TPSA) is 52.2 Å². The monoisotopic (exact) mass is 362 g/mol. The zero-order chi connectivity index (χ0) is 18.6. The molecule has 1 aliphatic rings. The number of imidazole rings is 1. The minimum absolute atomic E-state index is 0.0341. The van der Waals surface area contributed by atoms with Crippen LogP contribution in [0.25, 0.3) is 11.0 Å². The standard InChI is InChI=1S/C22H26N4O/c1-2-18(17-8-4-3-5-9-17)22(27)26-14-12-25(13-15-26)16-21-23-19-10-6-7-11-20(19)24-21/h3-11,18H,2,12-16H2,1H3,(H,23,24)/t18-/m1/s1. The van der Waals surface area contributed by atoms with Gasteiger partial charge in [-0.15, -0.1) is 0 Å². The van der Waals surface area contributed by atoms with Crippen molar-refractivity contribution in [2.24, 2.45) is 0 Å². The van der Waals surface area contributed by atoms with Crippen LogP contribution in [0.2, 0.25) is 0 Å². The summed E-state index contributed by atoms with van der Waals surface area (Å²) in [6.07, 6.45) is 0.835. The van der Waals surface area contributed by atoms with E-state index in [0.29, 0.717) is 0 Å². The molecule has 0 saturated carbocycles. The van der Waals surface area contributed by atoms with Gasteiger partial charge in [-0.3, -0.25) is 9.69 Å². The molecule has 0 aliphatic carbocycles. The molecule has 1 amide bonds. The zero-order valence-electron chi connectivity index (χ0n) is 15.8. The molecular weight excluding hydrogens is 336 g/mol. The van der Waals surface area contributed by atoms with Gasteiger partial charge in [0, 0.05) is 26.2 Å². The second-order valence-corrected chi connectivity index (χ2v) is 7.17. The molecule has 5 heteroatoms. The number of piperazine rings is 1. The number of H-pyrrole nitrogens is 1. The van der Waals surface area contributed by atoms with Crippen molar-refractivity contribution >= 4 is 16.9 Å². The quantitative estimate of drug-likeness (QED) is 0.757. The number of fused-ring (bicyclic) bond motifs is 1. The summed E-state index contributed by atoms with van der Waals surface area (Å²) in [6.45, 7) is 6.22. The van der Waals surface area contributed by atoms with Gasteiger partial charge in [0.2, 0.25) is 5.91 Å². The Morgan fingerprint density at radius 3 is 2.44 bits per heavy atom. The molecule has 1 N–H and O–H groups in total. The molecule has 0 bridgehead atoms. The lowest BCUT2D eigenvalue weighted by atomic mass is 9.95. The highest BCUT2D eigenvalue weighted by molar-refractivity contribution is 5.83. The smallest absolute Gasteiger partial charge is 0.230 e. The first kappa shape index (κ1) is 17.7. The second kappa shape index (κ2) is 7.92. The Kier molecular flexibility index (Phi) is 5.21. The lowest BCUT2D eigenvalue weighted by molar-refractivity contribution is -0.134. The minimum Gasteiger partial charge on any atom is -0.341 e. The van der Waals surface area contributed by atoms with Crippen LogP contribution in [0, 0.1) is 0 Å². The number of nitrogens with zero attached hydrogens (tertiary/aromatic N) is 3. The van der Waals surface area contributed by atoms with Crippen molar-refractivity contribution in [1.29, 1.82) is 0 Å². The van der Waals surface area contributed by atoms with Crippen LogP contribution in [0.15, 0.2) is 54.6 Å². The van der Waals surface area contributed by atoms with Crippen LogP contribution in [0.4, 0.5) is 0 Å².